The van der Waals surface area contributed by atoms with E-state index < -0.39 is 8.32 Å². The quantitative estimate of drug-likeness (QED) is 0.591. The predicted octanol–water partition coefficient (Wildman–Crippen LogP) is 4.39. The normalized spacial score (nSPS) is 15.5. The fraction of sp³-hybridized carbons (Fsp3) is 0.526. The zero-order valence-electron chi connectivity index (χ0n) is 15.1. The van der Waals surface area contributed by atoms with Crippen molar-refractivity contribution in [3.63, 3.8) is 0 Å². The molecule has 0 saturated carbocycles. The van der Waals surface area contributed by atoms with Crippen LogP contribution in [0.25, 0.3) is 0 Å². The summed E-state index contributed by atoms with van der Waals surface area (Å²) >= 11 is 0. The van der Waals surface area contributed by atoms with E-state index in [4.69, 9.17) is 4.43 Å². The molecule has 0 aromatic heterocycles. The predicted molar refractivity (Wildman–Crippen MR) is 98.2 cm³/mol. The number of carbonyl (C=O) groups is 1. The molecule has 0 aliphatic carbocycles. The largest absolute Gasteiger partial charge is 0.413 e. The number of hydrogen-bond acceptors (Lipinski definition) is 2. The number of carbonyl (C=O) groups excluding carboxylic acids is 1. The molecule has 1 aromatic carbocycles. The molecule has 0 atom stereocenters. The van der Waals surface area contributed by atoms with Crippen LogP contribution in [-0.2, 0) is 17.5 Å². The lowest BCUT2D eigenvalue weighted by molar-refractivity contribution is 0.0758. The van der Waals surface area contributed by atoms with Crippen LogP contribution in [0.15, 0.2) is 30.9 Å². The van der Waals surface area contributed by atoms with Gasteiger partial charge in [0.05, 0.1) is 6.61 Å². The van der Waals surface area contributed by atoms with Gasteiger partial charge in [0, 0.05) is 18.7 Å². The molecule has 0 fully saturated rings. The van der Waals surface area contributed by atoms with Crippen LogP contribution in [0.3, 0.4) is 0 Å². The van der Waals surface area contributed by atoms with Crippen molar-refractivity contribution >= 4 is 14.2 Å². The highest BCUT2D eigenvalue weighted by Gasteiger charge is 2.37. The maximum Gasteiger partial charge on any atom is 0.254 e. The maximum atomic E-state index is 12.6. The summed E-state index contributed by atoms with van der Waals surface area (Å²) in [4.78, 5) is 14.4. The van der Waals surface area contributed by atoms with E-state index in [9.17, 15) is 4.79 Å². The van der Waals surface area contributed by atoms with Gasteiger partial charge >= 0.3 is 0 Å². The first kappa shape index (κ1) is 18.0. The lowest BCUT2D eigenvalue weighted by Crippen LogP contribution is -2.40. The molecule has 1 amide bonds. The lowest BCUT2D eigenvalue weighted by atomic mass is 9.97. The van der Waals surface area contributed by atoms with Gasteiger partial charge < -0.3 is 9.33 Å². The fourth-order valence-corrected chi connectivity index (χ4v) is 3.43. The maximum absolute atomic E-state index is 12.6. The van der Waals surface area contributed by atoms with Crippen molar-refractivity contribution in [3.05, 3.63) is 47.5 Å². The van der Waals surface area contributed by atoms with Gasteiger partial charge in [-0.3, -0.25) is 4.79 Å². The molecule has 23 heavy (non-hydrogen) atoms. The highest BCUT2D eigenvalue weighted by molar-refractivity contribution is 6.74. The topological polar surface area (TPSA) is 29.5 Å². The van der Waals surface area contributed by atoms with Gasteiger partial charge in [-0.25, -0.2) is 0 Å². The van der Waals surface area contributed by atoms with E-state index in [2.05, 4.69) is 52.6 Å². The molecule has 1 heterocycles. The zero-order valence-corrected chi connectivity index (χ0v) is 16.1. The number of amides is 1. The molecule has 2 rings (SSSR count). The van der Waals surface area contributed by atoms with E-state index in [1.807, 2.05) is 11.0 Å². The monoisotopic (exact) mass is 331 g/mol. The lowest BCUT2D eigenvalue weighted by Gasteiger charge is -2.36. The number of hydrogen-bond donors (Lipinski definition) is 0. The summed E-state index contributed by atoms with van der Waals surface area (Å²) in [6, 6.07) is 6.20. The first-order valence-electron chi connectivity index (χ1n) is 8.31. The van der Waals surface area contributed by atoms with Crippen LogP contribution in [-0.4, -0.2) is 32.2 Å². The molecule has 0 saturated heterocycles. The Morgan fingerprint density at radius 2 is 2.04 bits per heavy atom. The molecular weight excluding hydrogens is 302 g/mol. The van der Waals surface area contributed by atoms with E-state index in [-0.39, 0.29) is 10.9 Å². The van der Waals surface area contributed by atoms with Crippen molar-refractivity contribution in [2.75, 3.05) is 13.1 Å². The summed E-state index contributed by atoms with van der Waals surface area (Å²) in [6.45, 7) is 16.9. The summed E-state index contributed by atoms with van der Waals surface area (Å²) in [5.74, 6) is 0.111. The minimum absolute atomic E-state index is 0.111. The second kappa shape index (κ2) is 6.61. The highest BCUT2D eigenvalue weighted by atomic mass is 28.4. The molecule has 0 radical (unpaired) electrons. The summed E-state index contributed by atoms with van der Waals surface area (Å²) in [5.41, 5.74) is 3.06. The van der Waals surface area contributed by atoms with Crippen LogP contribution in [0.4, 0.5) is 0 Å². The van der Waals surface area contributed by atoms with Crippen molar-refractivity contribution in [1.82, 2.24) is 4.90 Å². The Labute approximate surface area is 141 Å². The first-order chi connectivity index (χ1) is 10.7. The second-order valence-electron chi connectivity index (χ2n) is 7.83. The van der Waals surface area contributed by atoms with Gasteiger partial charge in [-0.1, -0.05) is 39.0 Å². The summed E-state index contributed by atoms with van der Waals surface area (Å²) in [5, 5.41) is 0.192. The molecule has 0 bridgehead atoms. The van der Waals surface area contributed by atoms with Crippen LogP contribution in [0.5, 0.6) is 0 Å². The third-order valence-corrected chi connectivity index (χ3v) is 9.58. The highest BCUT2D eigenvalue weighted by Crippen LogP contribution is 2.37. The third kappa shape index (κ3) is 3.93. The van der Waals surface area contributed by atoms with Gasteiger partial charge in [-0.15, -0.1) is 6.58 Å². The van der Waals surface area contributed by atoms with E-state index in [0.717, 1.165) is 29.7 Å². The average molecular weight is 332 g/mol. The van der Waals surface area contributed by atoms with Gasteiger partial charge in [0.1, 0.15) is 0 Å². The number of nitrogens with zero attached hydrogens (tertiary/aromatic N) is 1. The van der Waals surface area contributed by atoms with Crippen LogP contribution in [0, 0.1) is 0 Å². The molecule has 1 aliphatic heterocycles. The Morgan fingerprint density at radius 3 is 2.65 bits per heavy atom. The number of benzene rings is 1. The summed E-state index contributed by atoms with van der Waals surface area (Å²) < 4.78 is 6.28. The van der Waals surface area contributed by atoms with Gasteiger partial charge in [-0.05, 0) is 41.7 Å². The summed E-state index contributed by atoms with van der Waals surface area (Å²) in [6.07, 6.45) is 2.70. The number of rotatable bonds is 5. The molecule has 3 nitrogen and oxygen atoms in total. The minimum Gasteiger partial charge on any atom is -0.413 e. The molecule has 1 aliphatic rings. The average Bonchev–Trinajstić information content (AvgIpc) is 2.47. The van der Waals surface area contributed by atoms with E-state index in [1.54, 1.807) is 6.08 Å². The number of fused-ring (bicyclic) bond motifs is 1. The van der Waals surface area contributed by atoms with Crippen LogP contribution >= 0.6 is 0 Å². The van der Waals surface area contributed by atoms with E-state index in [1.165, 1.54) is 0 Å². The van der Waals surface area contributed by atoms with Crippen molar-refractivity contribution < 1.29 is 9.22 Å². The molecule has 4 heteroatoms. The Hall–Kier alpha value is -1.39. The third-order valence-electron chi connectivity index (χ3n) is 5.10. The molecule has 0 unspecified atom stereocenters. The van der Waals surface area contributed by atoms with Crippen LogP contribution in [0.1, 0.15) is 42.3 Å². The standard InChI is InChI=1S/C19H29NO2Si/c1-7-11-20-12-10-16-9-8-15(13-17(16)18(20)21)14-22-23(5,6)19(2,3)4/h7-9,13H,1,10-12,14H2,2-6H3. The van der Waals surface area contributed by atoms with Crippen molar-refractivity contribution in [1.29, 1.82) is 0 Å². The summed E-state index contributed by atoms with van der Waals surface area (Å²) in [7, 11) is -1.77. The molecule has 0 N–H and O–H groups in total. The Morgan fingerprint density at radius 1 is 1.35 bits per heavy atom. The Bertz CT molecular complexity index is 602. The SMILES string of the molecule is C=CCN1CCc2ccc(CO[Si](C)(C)C(C)(C)C)cc2C1=O. The van der Waals surface area contributed by atoms with Crippen molar-refractivity contribution in [2.45, 2.75) is 51.9 Å². The molecule has 126 valence electrons. The molecular formula is C19H29NO2Si. The van der Waals surface area contributed by atoms with Crippen LogP contribution < -0.4 is 0 Å². The van der Waals surface area contributed by atoms with E-state index >= 15 is 0 Å². The Kier molecular flexibility index (Phi) is 5.16. The van der Waals surface area contributed by atoms with Crippen LogP contribution in [0.2, 0.25) is 18.1 Å². The second-order valence-corrected chi connectivity index (χ2v) is 12.6. The van der Waals surface area contributed by atoms with Gasteiger partial charge in [-0.2, -0.15) is 0 Å². The fourth-order valence-electron chi connectivity index (χ4n) is 2.47. The first-order valence-corrected chi connectivity index (χ1v) is 11.2. The van der Waals surface area contributed by atoms with Crippen molar-refractivity contribution in [3.8, 4) is 0 Å². The van der Waals surface area contributed by atoms with Gasteiger partial charge in [0.15, 0.2) is 8.32 Å². The van der Waals surface area contributed by atoms with Crippen molar-refractivity contribution in [2.24, 2.45) is 0 Å². The Balaban J connectivity index is 2.15. The molecule has 1 aromatic rings. The molecule has 0 spiro atoms. The van der Waals surface area contributed by atoms with Gasteiger partial charge in [0.25, 0.3) is 5.91 Å². The van der Waals surface area contributed by atoms with Gasteiger partial charge in [0.2, 0.25) is 0 Å². The smallest absolute Gasteiger partial charge is 0.254 e. The minimum atomic E-state index is -1.77. The van der Waals surface area contributed by atoms with E-state index in [0.29, 0.717) is 13.2 Å². The zero-order chi connectivity index (χ0) is 17.3.